The summed E-state index contributed by atoms with van der Waals surface area (Å²) in [4.78, 5) is 4.53. The van der Waals surface area contributed by atoms with E-state index in [9.17, 15) is 0 Å². The molecule has 1 heterocycles. The lowest BCUT2D eigenvalue weighted by atomic mass is 9.98. The third-order valence-electron chi connectivity index (χ3n) is 2.95. The molecule has 0 aliphatic rings. The van der Waals surface area contributed by atoms with Crippen molar-refractivity contribution >= 4 is 11.1 Å². The van der Waals surface area contributed by atoms with Gasteiger partial charge in [-0.25, -0.2) is 4.98 Å². The van der Waals surface area contributed by atoms with Gasteiger partial charge in [0.25, 0.3) is 0 Å². The van der Waals surface area contributed by atoms with Crippen LogP contribution in [0.4, 0.5) is 0 Å². The van der Waals surface area contributed by atoms with Crippen LogP contribution in [0.1, 0.15) is 38.1 Å². The lowest BCUT2D eigenvalue weighted by molar-refractivity contribution is 0.416. The summed E-state index contributed by atoms with van der Waals surface area (Å²) in [5.74, 6) is 1.78. The number of oxazole rings is 1. The minimum atomic E-state index is 0.373. The predicted octanol–water partition coefficient (Wildman–Crippen LogP) is 3.90. The van der Waals surface area contributed by atoms with Crippen molar-refractivity contribution in [3.63, 3.8) is 0 Å². The fourth-order valence-corrected chi connectivity index (χ4v) is 1.54. The molecule has 0 aliphatic heterocycles. The summed E-state index contributed by atoms with van der Waals surface area (Å²) in [6.45, 7) is 8.59. The first-order chi connectivity index (χ1) is 7.08. The minimum Gasteiger partial charge on any atom is -0.440 e. The maximum atomic E-state index is 5.74. The second-order valence-corrected chi connectivity index (χ2v) is 4.56. The monoisotopic (exact) mass is 203 g/mol. The Kier molecular flexibility index (Phi) is 2.51. The number of fused-ring (bicyclic) bond motifs is 1. The molecule has 2 rings (SSSR count). The van der Waals surface area contributed by atoms with Crippen LogP contribution in [0.5, 0.6) is 0 Å². The number of hydrogen-bond donors (Lipinski definition) is 0. The Morgan fingerprint density at radius 1 is 1.20 bits per heavy atom. The molecule has 0 fully saturated rings. The average molecular weight is 203 g/mol. The highest BCUT2D eigenvalue weighted by atomic mass is 16.3. The van der Waals surface area contributed by atoms with E-state index in [1.54, 1.807) is 0 Å². The van der Waals surface area contributed by atoms with E-state index in [2.05, 4.69) is 44.8 Å². The van der Waals surface area contributed by atoms with Crippen LogP contribution < -0.4 is 0 Å². The Balaban J connectivity index is 2.47. The van der Waals surface area contributed by atoms with Crippen LogP contribution >= 0.6 is 0 Å². The fourth-order valence-electron chi connectivity index (χ4n) is 1.54. The number of nitrogens with zero attached hydrogens (tertiary/aromatic N) is 1. The fraction of sp³-hybridized carbons (Fsp3) is 0.462. The molecule has 80 valence electrons. The molecular weight excluding hydrogens is 186 g/mol. The Morgan fingerprint density at radius 2 is 1.93 bits per heavy atom. The maximum Gasteiger partial charge on any atom is 0.198 e. The molecule has 0 saturated heterocycles. The summed E-state index contributed by atoms with van der Waals surface area (Å²) in [6, 6.07) is 6.11. The Hall–Kier alpha value is -1.31. The van der Waals surface area contributed by atoms with E-state index in [1.165, 1.54) is 5.56 Å². The van der Waals surface area contributed by atoms with Gasteiger partial charge in [0.05, 0.1) is 0 Å². The third kappa shape index (κ3) is 1.89. The molecule has 15 heavy (non-hydrogen) atoms. The molecule has 1 unspecified atom stereocenters. The molecule has 1 aromatic carbocycles. The molecule has 0 spiro atoms. The highest BCUT2D eigenvalue weighted by Crippen LogP contribution is 2.26. The van der Waals surface area contributed by atoms with Gasteiger partial charge >= 0.3 is 0 Å². The molecule has 0 saturated carbocycles. The molecule has 0 aliphatic carbocycles. The largest absolute Gasteiger partial charge is 0.440 e. The van der Waals surface area contributed by atoms with Crippen molar-refractivity contribution in [3.05, 3.63) is 29.7 Å². The van der Waals surface area contributed by atoms with Crippen LogP contribution in [0.3, 0.4) is 0 Å². The summed E-state index contributed by atoms with van der Waals surface area (Å²) in [5, 5.41) is 0. The molecule has 2 aromatic rings. The van der Waals surface area contributed by atoms with E-state index < -0.39 is 0 Å². The predicted molar refractivity (Wildman–Crippen MR) is 62.0 cm³/mol. The number of aromatic nitrogens is 1. The van der Waals surface area contributed by atoms with Crippen molar-refractivity contribution in [1.82, 2.24) is 4.98 Å². The van der Waals surface area contributed by atoms with E-state index >= 15 is 0 Å². The Morgan fingerprint density at radius 3 is 2.60 bits per heavy atom. The minimum absolute atomic E-state index is 0.373. The van der Waals surface area contributed by atoms with Crippen molar-refractivity contribution < 1.29 is 4.42 Å². The first-order valence-corrected chi connectivity index (χ1v) is 5.45. The van der Waals surface area contributed by atoms with E-state index in [4.69, 9.17) is 4.42 Å². The zero-order chi connectivity index (χ0) is 11.0. The Labute approximate surface area is 90.3 Å². The molecule has 0 N–H and O–H groups in total. The van der Waals surface area contributed by atoms with Crippen molar-refractivity contribution in [1.29, 1.82) is 0 Å². The first kappa shape index (κ1) is 10.2. The number of aryl methyl sites for hydroxylation is 1. The number of rotatable bonds is 2. The summed E-state index contributed by atoms with van der Waals surface area (Å²) in [5.41, 5.74) is 3.08. The quantitative estimate of drug-likeness (QED) is 0.740. The lowest BCUT2D eigenvalue weighted by Crippen LogP contribution is -2.01. The Bertz CT molecular complexity index is 470. The van der Waals surface area contributed by atoms with Crippen molar-refractivity contribution in [2.24, 2.45) is 5.92 Å². The van der Waals surface area contributed by atoms with Gasteiger partial charge in [0, 0.05) is 5.92 Å². The second-order valence-electron chi connectivity index (χ2n) is 4.56. The van der Waals surface area contributed by atoms with E-state index in [-0.39, 0.29) is 0 Å². The van der Waals surface area contributed by atoms with Gasteiger partial charge in [-0.1, -0.05) is 26.8 Å². The summed E-state index contributed by atoms with van der Waals surface area (Å²) < 4.78 is 5.74. The molecule has 2 nitrogen and oxygen atoms in total. The van der Waals surface area contributed by atoms with Crippen molar-refractivity contribution in [2.75, 3.05) is 0 Å². The molecule has 1 atom stereocenters. The van der Waals surface area contributed by atoms with Crippen LogP contribution in [0.15, 0.2) is 22.6 Å². The second kappa shape index (κ2) is 3.69. The van der Waals surface area contributed by atoms with E-state index in [1.807, 2.05) is 6.07 Å². The lowest BCUT2D eigenvalue weighted by Gasteiger charge is -2.09. The first-order valence-electron chi connectivity index (χ1n) is 5.45. The van der Waals surface area contributed by atoms with Crippen molar-refractivity contribution in [3.8, 4) is 0 Å². The van der Waals surface area contributed by atoms with E-state index in [0.29, 0.717) is 11.8 Å². The number of benzene rings is 1. The topological polar surface area (TPSA) is 26.0 Å². The smallest absolute Gasteiger partial charge is 0.198 e. The van der Waals surface area contributed by atoms with Crippen LogP contribution in [0.25, 0.3) is 11.1 Å². The summed E-state index contributed by atoms with van der Waals surface area (Å²) in [7, 11) is 0. The molecule has 2 heteroatoms. The van der Waals surface area contributed by atoms with Crippen LogP contribution in [-0.4, -0.2) is 4.98 Å². The van der Waals surface area contributed by atoms with Crippen LogP contribution in [0, 0.1) is 12.8 Å². The third-order valence-corrected chi connectivity index (χ3v) is 2.95. The summed E-state index contributed by atoms with van der Waals surface area (Å²) in [6.07, 6.45) is 0. The standard InChI is InChI=1S/C13H17NO/c1-8(2)10(4)13-14-11-7-9(3)5-6-12(11)15-13/h5-8,10H,1-4H3. The van der Waals surface area contributed by atoms with Gasteiger partial charge in [-0.15, -0.1) is 0 Å². The van der Waals surface area contributed by atoms with Crippen LogP contribution in [-0.2, 0) is 0 Å². The van der Waals surface area contributed by atoms with Gasteiger partial charge in [0.1, 0.15) is 5.52 Å². The molecule has 0 bridgehead atoms. The normalized spacial score (nSPS) is 13.7. The molecule has 0 radical (unpaired) electrons. The van der Waals surface area contributed by atoms with Gasteiger partial charge in [0.15, 0.2) is 11.5 Å². The summed E-state index contributed by atoms with van der Waals surface area (Å²) >= 11 is 0. The molecule has 1 aromatic heterocycles. The van der Waals surface area contributed by atoms with Gasteiger partial charge in [-0.3, -0.25) is 0 Å². The van der Waals surface area contributed by atoms with Gasteiger partial charge in [-0.2, -0.15) is 0 Å². The SMILES string of the molecule is Cc1ccc2oc(C(C)C(C)C)nc2c1. The number of hydrogen-bond acceptors (Lipinski definition) is 2. The zero-order valence-electron chi connectivity index (χ0n) is 9.74. The van der Waals surface area contributed by atoms with E-state index in [0.717, 1.165) is 17.0 Å². The van der Waals surface area contributed by atoms with Crippen LogP contribution in [0.2, 0.25) is 0 Å². The zero-order valence-corrected chi connectivity index (χ0v) is 9.74. The molecule has 0 amide bonds. The van der Waals surface area contributed by atoms with Gasteiger partial charge < -0.3 is 4.42 Å². The average Bonchev–Trinajstić information content (AvgIpc) is 2.58. The van der Waals surface area contributed by atoms with Gasteiger partial charge in [-0.05, 0) is 30.5 Å². The highest BCUT2D eigenvalue weighted by Gasteiger charge is 2.16. The highest BCUT2D eigenvalue weighted by molar-refractivity contribution is 5.73. The maximum absolute atomic E-state index is 5.74. The van der Waals surface area contributed by atoms with Crippen molar-refractivity contribution in [2.45, 2.75) is 33.6 Å². The molecular formula is C13H17NO. The van der Waals surface area contributed by atoms with Gasteiger partial charge in [0.2, 0.25) is 0 Å².